The Labute approximate surface area is 92.3 Å². The first-order chi connectivity index (χ1) is 6.75. The van der Waals surface area contributed by atoms with Crippen molar-refractivity contribution < 1.29 is 0 Å². The molecular formula is C11H7Cl2N. The standard InChI is InChI=1S/C11H7Cl2N/c12-10-5-9(6-11(13)7-10)8-1-3-14-4-2-8/h1-7H. The van der Waals surface area contributed by atoms with E-state index in [1.807, 2.05) is 24.3 Å². The molecule has 0 aliphatic rings. The zero-order valence-corrected chi connectivity index (χ0v) is 8.76. The van der Waals surface area contributed by atoms with Crippen LogP contribution >= 0.6 is 23.2 Å². The summed E-state index contributed by atoms with van der Waals surface area (Å²) in [5.41, 5.74) is 2.06. The lowest BCUT2D eigenvalue weighted by atomic mass is 10.1. The van der Waals surface area contributed by atoms with Crippen molar-refractivity contribution in [3.63, 3.8) is 0 Å². The van der Waals surface area contributed by atoms with Crippen molar-refractivity contribution in [1.82, 2.24) is 4.98 Å². The molecule has 14 heavy (non-hydrogen) atoms. The van der Waals surface area contributed by atoms with E-state index in [2.05, 4.69) is 4.98 Å². The summed E-state index contributed by atoms with van der Waals surface area (Å²) in [7, 11) is 0. The van der Waals surface area contributed by atoms with Crippen LogP contribution in [0.1, 0.15) is 0 Å². The second-order valence-electron chi connectivity index (χ2n) is 2.89. The highest BCUT2D eigenvalue weighted by molar-refractivity contribution is 6.35. The number of halogens is 2. The van der Waals surface area contributed by atoms with Crippen molar-refractivity contribution in [3.05, 3.63) is 52.8 Å². The third-order valence-corrected chi connectivity index (χ3v) is 2.31. The van der Waals surface area contributed by atoms with E-state index in [9.17, 15) is 0 Å². The zero-order chi connectivity index (χ0) is 9.97. The Morgan fingerprint density at radius 1 is 0.786 bits per heavy atom. The van der Waals surface area contributed by atoms with Gasteiger partial charge in [-0.2, -0.15) is 0 Å². The number of nitrogens with zero attached hydrogens (tertiary/aromatic N) is 1. The van der Waals surface area contributed by atoms with Crippen LogP contribution in [0.3, 0.4) is 0 Å². The maximum Gasteiger partial charge on any atom is 0.0426 e. The van der Waals surface area contributed by atoms with Gasteiger partial charge in [-0.25, -0.2) is 0 Å². The molecule has 2 rings (SSSR count). The van der Waals surface area contributed by atoms with E-state index >= 15 is 0 Å². The number of hydrogen-bond donors (Lipinski definition) is 0. The van der Waals surface area contributed by atoms with Gasteiger partial charge in [-0.3, -0.25) is 4.98 Å². The topological polar surface area (TPSA) is 12.9 Å². The number of aromatic nitrogens is 1. The molecule has 0 fully saturated rings. The van der Waals surface area contributed by atoms with Gasteiger partial charge in [0.1, 0.15) is 0 Å². The molecule has 0 unspecified atom stereocenters. The van der Waals surface area contributed by atoms with Gasteiger partial charge < -0.3 is 0 Å². The fourth-order valence-electron chi connectivity index (χ4n) is 1.26. The minimum Gasteiger partial charge on any atom is -0.265 e. The van der Waals surface area contributed by atoms with Crippen LogP contribution in [0.4, 0.5) is 0 Å². The first-order valence-electron chi connectivity index (χ1n) is 4.12. The number of pyridine rings is 1. The summed E-state index contributed by atoms with van der Waals surface area (Å²) in [6.45, 7) is 0. The Kier molecular flexibility index (Phi) is 2.71. The van der Waals surface area contributed by atoms with Crippen molar-refractivity contribution in [3.8, 4) is 11.1 Å². The molecule has 3 heteroatoms. The molecule has 0 amide bonds. The van der Waals surface area contributed by atoms with E-state index in [1.54, 1.807) is 18.5 Å². The van der Waals surface area contributed by atoms with Crippen molar-refractivity contribution in [2.24, 2.45) is 0 Å². The molecule has 0 saturated heterocycles. The second-order valence-corrected chi connectivity index (χ2v) is 3.77. The monoisotopic (exact) mass is 223 g/mol. The van der Waals surface area contributed by atoms with Gasteiger partial charge in [0.2, 0.25) is 0 Å². The summed E-state index contributed by atoms with van der Waals surface area (Å²) < 4.78 is 0. The Morgan fingerprint density at radius 2 is 1.36 bits per heavy atom. The van der Waals surface area contributed by atoms with Crippen molar-refractivity contribution in [2.45, 2.75) is 0 Å². The van der Waals surface area contributed by atoms with Gasteiger partial charge in [0.15, 0.2) is 0 Å². The van der Waals surface area contributed by atoms with Crippen LogP contribution in [0.2, 0.25) is 10.0 Å². The minimum atomic E-state index is 0.643. The fraction of sp³-hybridized carbons (Fsp3) is 0. The van der Waals surface area contributed by atoms with Crippen molar-refractivity contribution >= 4 is 23.2 Å². The Morgan fingerprint density at radius 3 is 1.93 bits per heavy atom. The van der Waals surface area contributed by atoms with E-state index in [-0.39, 0.29) is 0 Å². The molecule has 0 radical (unpaired) electrons. The molecule has 0 N–H and O–H groups in total. The Balaban J connectivity index is 2.52. The largest absolute Gasteiger partial charge is 0.265 e. The van der Waals surface area contributed by atoms with Crippen LogP contribution in [0.15, 0.2) is 42.7 Å². The average Bonchev–Trinajstić information content (AvgIpc) is 2.18. The van der Waals surface area contributed by atoms with Gasteiger partial charge in [-0.15, -0.1) is 0 Å². The van der Waals surface area contributed by atoms with Crippen molar-refractivity contribution in [1.29, 1.82) is 0 Å². The highest BCUT2D eigenvalue weighted by Gasteiger charge is 2.00. The Hall–Kier alpha value is -1.05. The predicted molar refractivity (Wildman–Crippen MR) is 59.7 cm³/mol. The predicted octanol–water partition coefficient (Wildman–Crippen LogP) is 4.06. The lowest BCUT2D eigenvalue weighted by Crippen LogP contribution is -1.78. The van der Waals surface area contributed by atoms with Crippen LogP contribution < -0.4 is 0 Å². The summed E-state index contributed by atoms with van der Waals surface area (Å²) in [5.74, 6) is 0. The maximum absolute atomic E-state index is 5.90. The van der Waals surface area contributed by atoms with Gasteiger partial charge in [0.05, 0.1) is 0 Å². The smallest absolute Gasteiger partial charge is 0.0426 e. The van der Waals surface area contributed by atoms with Crippen LogP contribution in [-0.4, -0.2) is 4.98 Å². The van der Waals surface area contributed by atoms with E-state index in [0.29, 0.717) is 10.0 Å². The maximum atomic E-state index is 5.90. The molecule has 0 aliphatic carbocycles. The zero-order valence-electron chi connectivity index (χ0n) is 7.24. The lowest BCUT2D eigenvalue weighted by Gasteiger charge is -2.02. The number of hydrogen-bond acceptors (Lipinski definition) is 1. The Bertz CT molecular complexity index is 420. The first-order valence-corrected chi connectivity index (χ1v) is 4.88. The van der Waals surface area contributed by atoms with Crippen LogP contribution in [0.25, 0.3) is 11.1 Å². The molecule has 2 aromatic rings. The van der Waals surface area contributed by atoms with Crippen LogP contribution in [-0.2, 0) is 0 Å². The highest BCUT2D eigenvalue weighted by atomic mass is 35.5. The summed E-state index contributed by atoms with van der Waals surface area (Å²) in [6, 6.07) is 9.31. The van der Waals surface area contributed by atoms with Gasteiger partial charge in [-0.1, -0.05) is 23.2 Å². The summed E-state index contributed by atoms with van der Waals surface area (Å²) >= 11 is 11.8. The average molecular weight is 224 g/mol. The molecule has 0 saturated carbocycles. The highest BCUT2D eigenvalue weighted by Crippen LogP contribution is 2.26. The van der Waals surface area contributed by atoms with E-state index in [1.165, 1.54) is 0 Å². The summed E-state index contributed by atoms with van der Waals surface area (Å²) in [5, 5.41) is 1.29. The molecule has 70 valence electrons. The summed E-state index contributed by atoms with van der Waals surface area (Å²) in [4.78, 5) is 3.95. The quantitative estimate of drug-likeness (QED) is 0.711. The van der Waals surface area contributed by atoms with E-state index in [4.69, 9.17) is 23.2 Å². The summed E-state index contributed by atoms with van der Waals surface area (Å²) in [6.07, 6.45) is 3.48. The third kappa shape index (κ3) is 2.06. The first kappa shape index (κ1) is 9.50. The van der Waals surface area contributed by atoms with Crippen LogP contribution in [0.5, 0.6) is 0 Å². The SMILES string of the molecule is Clc1cc(Cl)cc(-c2ccncc2)c1. The molecule has 0 aliphatic heterocycles. The number of rotatable bonds is 1. The molecule has 1 heterocycles. The fourth-order valence-corrected chi connectivity index (χ4v) is 1.79. The molecule has 0 atom stereocenters. The van der Waals surface area contributed by atoms with Gasteiger partial charge in [0, 0.05) is 22.4 Å². The molecule has 1 aromatic carbocycles. The van der Waals surface area contributed by atoms with Gasteiger partial charge in [0.25, 0.3) is 0 Å². The minimum absolute atomic E-state index is 0.643. The number of benzene rings is 1. The third-order valence-electron chi connectivity index (χ3n) is 1.88. The lowest BCUT2D eigenvalue weighted by molar-refractivity contribution is 1.33. The van der Waals surface area contributed by atoms with E-state index < -0.39 is 0 Å². The van der Waals surface area contributed by atoms with E-state index in [0.717, 1.165) is 11.1 Å². The second kappa shape index (κ2) is 3.99. The molecule has 1 nitrogen and oxygen atoms in total. The molecule has 1 aromatic heterocycles. The van der Waals surface area contributed by atoms with Gasteiger partial charge >= 0.3 is 0 Å². The normalized spacial score (nSPS) is 10.1. The molecule has 0 spiro atoms. The van der Waals surface area contributed by atoms with Crippen LogP contribution in [0, 0.1) is 0 Å². The molecular weight excluding hydrogens is 217 g/mol. The molecule has 0 bridgehead atoms. The van der Waals surface area contributed by atoms with Crippen molar-refractivity contribution in [2.75, 3.05) is 0 Å². The van der Waals surface area contributed by atoms with Gasteiger partial charge in [-0.05, 0) is 41.5 Å².